The summed E-state index contributed by atoms with van der Waals surface area (Å²) < 4.78 is 0. The minimum Gasteiger partial charge on any atom is -0.360 e. The molecule has 3 unspecified atom stereocenters. The smallest absolute Gasteiger partial charge is 0.242 e. The van der Waals surface area contributed by atoms with Crippen molar-refractivity contribution in [3.05, 3.63) is 0 Å². The number of fused-ring (bicyclic) bond motifs is 2. The fraction of sp³-hybridized carbons (Fsp3) is 0.857. The molecule has 0 spiro atoms. The van der Waals surface area contributed by atoms with E-state index in [-0.39, 0.29) is 17.4 Å². The second kappa shape index (κ2) is 9.16. The first kappa shape index (κ1) is 22.3. The summed E-state index contributed by atoms with van der Waals surface area (Å²) in [4.78, 5) is 30.6. The standard InChI is InChI=1S/C21H37N5O2S/c1-21(2,3)23-18(27)13-25-7-9-26(10-8-25)19(28)14-24(4)20(29)22-17-12-15-5-6-16(17)11-15/h15-17H,5-14H2,1-4H3,(H,22,29)(H,23,27). The Labute approximate surface area is 180 Å². The average Bonchev–Trinajstić information content (AvgIpc) is 3.23. The Hall–Kier alpha value is -1.41. The molecule has 164 valence electrons. The molecule has 0 aromatic carbocycles. The zero-order chi connectivity index (χ0) is 21.2. The van der Waals surface area contributed by atoms with E-state index in [1.54, 1.807) is 0 Å². The SMILES string of the molecule is CN(CC(=O)N1CCN(CC(=O)NC(C)(C)C)CC1)C(=S)NC1CC2CCC1C2. The molecular formula is C21H37N5O2S. The summed E-state index contributed by atoms with van der Waals surface area (Å²) >= 11 is 5.55. The van der Waals surface area contributed by atoms with Crippen LogP contribution in [0.3, 0.4) is 0 Å². The van der Waals surface area contributed by atoms with E-state index in [0.717, 1.165) is 24.9 Å². The fourth-order valence-electron chi connectivity index (χ4n) is 4.88. The highest BCUT2D eigenvalue weighted by Crippen LogP contribution is 2.44. The minimum atomic E-state index is -0.218. The Morgan fingerprint density at radius 2 is 1.79 bits per heavy atom. The van der Waals surface area contributed by atoms with Gasteiger partial charge in [-0.15, -0.1) is 0 Å². The summed E-state index contributed by atoms with van der Waals surface area (Å²) in [6, 6.07) is 0.488. The Bertz CT molecular complexity index is 627. The van der Waals surface area contributed by atoms with E-state index in [2.05, 4.69) is 15.5 Å². The summed E-state index contributed by atoms with van der Waals surface area (Å²) in [6.45, 7) is 9.39. The highest BCUT2D eigenvalue weighted by molar-refractivity contribution is 7.80. The molecule has 7 nitrogen and oxygen atoms in total. The van der Waals surface area contributed by atoms with Crippen LogP contribution in [0.4, 0.5) is 0 Å². The van der Waals surface area contributed by atoms with Crippen molar-refractivity contribution in [1.29, 1.82) is 0 Å². The zero-order valence-electron chi connectivity index (χ0n) is 18.4. The third-order valence-corrected chi connectivity index (χ3v) is 6.80. The van der Waals surface area contributed by atoms with E-state index < -0.39 is 0 Å². The number of carbonyl (C=O) groups is 2. The number of hydrogen-bond donors (Lipinski definition) is 2. The van der Waals surface area contributed by atoms with Crippen molar-refractivity contribution in [2.75, 3.05) is 46.3 Å². The second-order valence-corrected chi connectivity index (χ2v) is 10.4. The fourth-order valence-corrected chi connectivity index (χ4v) is 5.10. The highest BCUT2D eigenvalue weighted by Gasteiger charge is 2.40. The number of piperazine rings is 1. The number of likely N-dealkylation sites (N-methyl/N-ethyl adjacent to an activating group) is 1. The molecule has 1 heterocycles. The first-order valence-electron chi connectivity index (χ1n) is 10.9. The van der Waals surface area contributed by atoms with Gasteiger partial charge in [-0.05, 0) is 64.1 Å². The maximum atomic E-state index is 12.7. The quantitative estimate of drug-likeness (QED) is 0.644. The van der Waals surface area contributed by atoms with Gasteiger partial charge in [0.25, 0.3) is 0 Å². The summed E-state index contributed by atoms with van der Waals surface area (Å²) in [5.41, 5.74) is -0.218. The first-order valence-corrected chi connectivity index (χ1v) is 11.3. The lowest BCUT2D eigenvalue weighted by Gasteiger charge is -2.36. The summed E-state index contributed by atoms with van der Waals surface area (Å²) in [6.07, 6.45) is 5.23. The van der Waals surface area contributed by atoms with Crippen LogP contribution in [-0.4, -0.2) is 89.5 Å². The average molecular weight is 424 g/mol. The van der Waals surface area contributed by atoms with Crippen molar-refractivity contribution in [2.24, 2.45) is 11.8 Å². The van der Waals surface area contributed by atoms with Crippen molar-refractivity contribution in [2.45, 2.75) is 58.0 Å². The molecule has 8 heteroatoms. The lowest BCUT2D eigenvalue weighted by molar-refractivity contribution is -0.133. The van der Waals surface area contributed by atoms with E-state index in [1.807, 2.05) is 37.6 Å². The van der Waals surface area contributed by atoms with Crippen molar-refractivity contribution < 1.29 is 9.59 Å². The zero-order valence-corrected chi connectivity index (χ0v) is 19.2. The Kier molecular flexibility index (Phi) is 7.04. The molecule has 3 fully saturated rings. The molecular weight excluding hydrogens is 386 g/mol. The lowest BCUT2D eigenvalue weighted by Crippen LogP contribution is -2.55. The van der Waals surface area contributed by atoms with Crippen LogP contribution in [0.25, 0.3) is 0 Å². The van der Waals surface area contributed by atoms with Crippen LogP contribution >= 0.6 is 12.2 Å². The number of rotatable bonds is 5. The number of carbonyl (C=O) groups excluding carboxylic acids is 2. The van der Waals surface area contributed by atoms with Gasteiger partial charge < -0.3 is 20.4 Å². The summed E-state index contributed by atoms with van der Waals surface area (Å²) in [5, 5.41) is 7.18. The molecule has 3 atom stereocenters. The van der Waals surface area contributed by atoms with E-state index in [1.165, 1.54) is 25.7 Å². The molecule has 1 aliphatic heterocycles. The molecule has 1 saturated heterocycles. The van der Waals surface area contributed by atoms with Gasteiger partial charge in [-0.2, -0.15) is 0 Å². The predicted molar refractivity (Wildman–Crippen MR) is 119 cm³/mol. The van der Waals surface area contributed by atoms with Gasteiger partial charge in [0, 0.05) is 44.8 Å². The van der Waals surface area contributed by atoms with E-state index in [4.69, 9.17) is 12.2 Å². The van der Waals surface area contributed by atoms with E-state index in [0.29, 0.717) is 37.3 Å². The molecule has 0 aromatic rings. The highest BCUT2D eigenvalue weighted by atomic mass is 32.1. The Morgan fingerprint density at radius 1 is 1.10 bits per heavy atom. The van der Waals surface area contributed by atoms with Crippen LogP contribution < -0.4 is 10.6 Å². The number of amides is 2. The Balaban J connectivity index is 1.36. The third kappa shape index (κ3) is 6.28. The molecule has 2 N–H and O–H groups in total. The first-order chi connectivity index (χ1) is 13.6. The van der Waals surface area contributed by atoms with Gasteiger partial charge in [0.05, 0.1) is 13.1 Å². The lowest BCUT2D eigenvalue weighted by atomic mass is 9.95. The number of nitrogens with zero attached hydrogens (tertiary/aromatic N) is 3. The molecule has 29 heavy (non-hydrogen) atoms. The topological polar surface area (TPSA) is 67.9 Å². The molecule has 3 rings (SSSR count). The van der Waals surface area contributed by atoms with Crippen LogP contribution in [0.15, 0.2) is 0 Å². The van der Waals surface area contributed by atoms with Crippen LogP contribution in [-0.2, 0) is 9.59 Å². The number of hydrogen-bond acceptors (Lipinski definition) is 4. The van der Waals surface area contributed by atoms with Crippen LogP contribution in [0, 0.1) is 11.8 Å². The van der Waals surface area contributed by atoms with Gasteiger partial charge in [-0.25, -0.2) is 0 Å². The van der Waals surface area contributed by atoms with Crippen molar-refractivity contribution in [3.8, 4) is 0 Å². The van der Waals surface area contributed by atoms with Crippen molar-refractivity contribution in [3.63, 3.8) is 0 Å². The van der Waals surface area contributed by atoms with Crippen LogP contribution in [0.2, 0.25) is 0 Å². The molecule has 2 amide bonds. The van der Waals surface area contributed by atoms with Gasteiger partial charge in [0.15, 0.2) is 5.11 Å². The normalized spacial score (nSPS) is 27.0. The van der Waals surface area contributed by atoms with Gasteiger partial charge in [-0.1, -0.05) is 6.42 Å². The molecule has 2 bridgehead atoms. The van der Waals surface area contributed by atoms with E-state index in [9.17, 15) is 9.59 Å². The van der Waals surface area contributed by atoms with Gasteiger partial charge >= 0.3 is 0 Å². The molecule has 0 aromatic heterocycles. The minimum absolute atomic E-state index is 0.0362. The van der Waals surface area contributed by atoms with Crippen LogP contribution in [0.1, 0.15) is 46.5 Å². The molecule has 2 aliphatic carbocycles. The maximum Gasteiger partial charge on any atom is 0.242 e. The largest absolute Gasteiger partial charge is 0.360 e. The van der Waals surface area contributed by atoms with Gasteiger partial charge in [-0.3, -0.25) is 14.5 Å². The molecule has 3 aliphatic rings. The monoisotopic (exact) mass is 423 g/mol. The Morgan fingerprint density at radius 3 is 2.34 bits per heavy atom. The van der Waals surface area contributed by atoms with Crippen molar-refractivity contribution in [1.82, 2.24) is 25.3 Å². The molecule has 0 radical (unpaired) electrons. The van der Waals surface area contributed by atoms with E-state index >= 15 is 0 Å². The molecule has 2 saturated carbocycles. The van der Waals surface area contributed by atoms with Crippen molar-refractivity contribution >= 4 is 29.1 Å². The predicted octanol–water partition coefficient (Wildman–Crippen LogP) is 1.04. The number of thiocarbonyl (C=S) groups is 1. The maximum absolute atomic E-state index is 12.7. The summed E-state index contributed by atoms with van der Waals surface area (Å²) in [5.74, 6) is 1.76. The summed E-state index contributed by atoms with van der Waals surface area (Å²) in [7, 11) is 1.90. The van der Waals surface area contributed by atoms with Gasteiger partial charge in [0.2, 0.25) is 11.8 Å². The van der Waals surface area contributed by atoms with Crippen LogP contribution in [0.5, 0.6) is 0 Å². The number of nitrogens with one attached hydrogen (secondary N) is 2. The third-order valence-electron chi connectivity index (χ3n) is 6.37. The van der Waals surface area contributed by atoms with Gasteiger partial charge in [0.1, 0.15) is 0 Å². The second-order valence-electron chi connectivity index (χ2n) is 10.0.